The first-order valence-corrected chi connectivity index (χ1v) is 4.75. The van der Waals surface area contributed by atoms with Crippen molar-refractivity contribution in [1.82, 2.24) is 19.9 Å². The number of nitrogens with zero attached hydrogens (tertiary/aromatic N) is 4. The molecule has 0 radical (unpaired) electrons. The number of nitrogen functional groups attached to an aromatic ring is 2. The molecule has 2 rings (SSSR count). The van der Waals surface area contributed by atoms with Gasteiger partial charge in [-0.05, 0) is 6.42 Å². The van der Waals surface area contributed by atoms with Crippen LogP contribution >= 0.6 is 0 Å². The molecule has 16 heavy (non-hydrogen) atoms. The second-order valence-electron chi connectivity index (χ2n) is 3.07. The lowest BCUT2D eigenvalue weighted by molar-refractivity contribution is 1.01. The Morgan fingerprint density at radius 1 is 1.19 bits per heavy atom. The molecule has 0 aliphatic carbocycles. The highest BCUT2D eigenvalue weighted by Gasteiger charge is 2.09. The Kier molecular flexibility index (Phi) is 2.75. The third-order valence-electron chi connectivity index (χ3n) is 2.08. The smallest absolute Gasteiger partial charge is 0.241 e. The number of hydrogen-bond donors (Lipinski definition) is 4. The standard InChI is InChI=1S/C8H12N8/c1-2-4-3-11-6-5(12-4)7(15-9)14-8(13-6)16-10/h3H,2,9-10H2,1H3,(H2,11,13,14,15,16). The second kappa shape index (κ2) is 4.21. The predicted octanol–water partition coefficient (Wildman–Crippen LogP) is -0.447. The Balaban J connectivity index is 2.69. The van der Waals surface area contributed by atoms with E-state index in [9.17, 15) is 0 Å². The van der Waals surface area contributed by atoms with Crippen molar-refractivity contribution in [3.8, 4) is 0 Å². The van der Waals surface area contributed by atoms with Gasteiger partial charge in [0.05, 0.1) is 11.9 Å². The number of hydrogen-bond acceptors (Lipinski definition) is 8. The fraction of sp³-hybridized carbons (Fsp3) is 0.250. The normalized spacial score (nSPS) is 10.4. The number of aryl methyl sites for hydroxylation is 1. The Hall–Kier alpha value is -2.06. The van der Waals surface area contributed by atoms with E-state index in [1.54, 1.807) is 6.20 Å². The van der Waals surface area contributed by atoms with E-state index in [1.165, 1.54) is 0 Å². The maximum atomic E-state index is 5.35. The van der Waals surface area contributed by atoms with Gasteiger partial charge in [0.1, 0.15) is 0 Å². The van der Waals surface area contributed by atoms with E-state index in [0.29, 0.717) is 17.0 Å². The average Bonchev–Trinajstić information content (AvgIpc) is 2.36. The van der Waals surface area contributed by atoms with E-state index in [0.717, 1.165) is 12.1 Å². The maximum Gasteiger partial charge on any atom is 0.241 e. The van der Waals surface area contributed by atoms with Crippen molar-refractivity contribution >= 4 is 22.9 Å². The summed E-state index contributed by atoms with van der Waals surface area (Å²) in [6.45, 7) is 1.99. The number of nitrogens with two attached hydrogens (primary N) is 2. The molecule has 0 spiro atoms. The summed E-state index contributed by atoms with van der Waals surface area (Å²) in [7, 11) is 0. The van der Waals surface area contributed by atoms with Gasteiger partial charge in [0.15, 0.2) is 17.0 Å². The number of anilines is 2. The van der Waals surface area contributed by atoms with Crippen LogP contribution < -0.4 is 22.5 Å². The van der Waals surface area contributed by atoms with Gasteiger partial charge in [0, 0.05) is 0 Å². The molecule has 0 unspecified atom stereocenters. The lowest BCUT2D eigenvalue weighted by atomic mass is 10.3. The summed E-state index contributed by atoms with van der Waals surface area (Å²) in [5.41, 5.74) is 6.60. The Bertz CT molecular complexity index is 511. The van der Waals surface area contributed by atoms with E-state index in [4.69, 9.17) is 11.7 Å². The number of rotatable bonds is 3. The molecule has 8 nitrogen and oxygen atoms in total. The monoisotopic (exact) mass is 220 g/mol. The highest BCUT2D eigenvalue weighted by Crippen LogP contribution is 2.17. The van der Waals surface area contributed by atoms with Gasteiger partial charge < -0.3 is 5.43 Å². The summed E-state index contributed by atoms with van der Waals surface area (Å²) in [6.07, 6.45) is 2.44. The summed E-state index contributed by atoms with van der Waals surface area (Å²) in [5.74, 6) is 11.2. The Labute approximate surface area is 91.4 Å². The van der Waals surface area contributed by atoms with Gasteiger partial charge in [-0.25, -0.2) is 21.7 Å². The number of fused-ring (bicyclic) bond motifs is 1. The zero-order valence-electron chi connectivity index (χ0n) is 8.73. The Morgan fingerprint density at radius 2 is 2.00 bits per heavy atom. The van der Waals surface area contributed by atoms with Gasteiger partial charge >= 0.3 is 0 Å². The van der Waals surface area contributed by atoms with Crippen LogP contribution in [0.4, 0.5) is 11.8 Å². The summed E-state index contributed by atoms with van der Waals surface area (Å²) < 4.78 is 0. The van der Waals surface area contributed by atoms with Gasteiger partial charge in [-0.15, -0.1) is 0 Å². The summed E-state index contributed by atoms with van der Waals surface area (Å²) in [4.78, 5) is 16.6. The van der Waals surface area contributed by atoms with Crippen molar-refractivity contribution in [2.45, 2.75) is 13.3 Å². The van der Waals surface area contributed by atoms with E-state index in [-0.39, 0.29) is 5.95 Å². The lowest BCUT2D eigenvalue weighted by Gasteiger charge is -2.06. The van der Waals surface area contributed by atoms with E-state index in [1.807, 2.05) is 6.92 Å². The molecule has 0 fully saturated rings. The van der Waals surface area contributed by atoms with Crippen LogP contribution in [0.3, 0.4) is 0 Å². The van der Waals surface area contributed by atoms with Crippen molar-refractivity contribution in [2.24, 2.45) is 11.7 Å². The van der Waals surface area contributed by atoms with Crippen LogP contribution in [0.25, 0.3) is 11.2 Å². The molecule has 84 valence electrons. The third-order valence-corrected chi connectivity index (χ3v) is 2.08. The van der Waals surface area contributed by atoms with Crippen LogP contribution in [0.2, 0.25) is 0 Å². The molecular weight excluding hydrogens is 208 g/mol. The van der Waals surface area contributed by atoms with Crippen LogP contribution in [0, 0.1) is 0 Å². The molecule has 0 atom stereocenters. The van der Waals surface area contributed by atoms with E-state index < -0.39 is 0 Å². The molecule has 0 saturated carbocycles. The number of hydrazine groups is 2. The summed E-state index contributed by atoms with van der Waals surface area (Å²) in [6, 6.07) is 0. The van der Waals surface area contributed by atoms with Gasteiger partial charge in [0.2, 0.25) is 5.95 Å². The minimum Gasteiger partial charge on any atom is -0.306 e. The van der Waals surface area contributed by atoms with Gasteiger partial charge in [0.25, 0.3) is 0 Å². The maximum absolute atomic E-state index is 5.35. The molecule has 0 aromatic carbocycles. The average molecular weight is 220 g/mol. The van der Waals surface area contributed by atoms with Crippen LogP contribution in [0.15, 0.2) is 6.20 Å². The lowest BCUT2D eigenvalue weighted by Crippen LogP contribution is -2.15. The molecular formula is C8H12N8. The predicted molar refractivity (Wildman–Crippen MR) is 60.1 cm³/mol. The summed E-state index contributed by atoms with van der Waals surface area (Å²) >= 11 is 0. The highest BCUT2D eigenvalue weighted by atomic mass is 15.3. The van der Waals surface area contributed by atoms with Gasteiger partial charge in [-0.1, -0.05) is 6.92 Å². The minimum absolute atomic E-state index is 0.235. The van der Waals surface area contributed by atoms with Gasteiger partial charge in [-0.3, -0.25) is 5.43 Å². The molecule has 2 aromatic heterocycles. The van der Waals surface area contributed by atoms with Crippen molar-refractivity contribution in [3.63, 3.8) is 0 Å². The molecule has 0 saturated heterocycles. The highest BCUT2D eigenvalue weighted by molar-refractivity contribution is 5.83. The second-order valence-corrected chi connectivity index (χ2v) is 3.07. The molecule has 6 N–H and O–H groups in total. The zero-order valence-corrected chi connectivity index (χ0v) is 8.73. The number of aromatic nitrogens is 4. The van der Waals surface area contributed by atoms with E-state index >= 15 is 0 Å². The molecule has 8 heteroatoms. The topological polar surface area (TPSA) is 128 Å². The SMILES string of the molecule is CCc1cnc2nc(NN)nc(NN)c2n1. The summed E-state index contributed by atoms with van der Waals surface area (Å²) in [5, 5.41) is 0. The molecule has 0 aliphatic rings. The van der Waals surface area contributed by atoms with Crippen LogP contribution in [0.1, 0.15) is 12.6 Å². The van der Waals surface area contributed by atoms with Crippen LogP contribution in [-0.2, 0) is 6.42 Å². The van der Waals surface area contributed by atoms with Crippen LogP contribution in [-0.4, -0.2) is 19.9 Å². The molecule has 2 heterocycles. The fourth-order valence-corrected chi connectivity index (χ4v) is 1.28. The Morgan fingerprint density at radius 3 is 2.62 bits per heavy atom. The van der Waals surface area contributed by atoms with Crippen molar-refractivity contribution < 1.29 is 0 Å². The first-order chi connectivity index (χ1) is 7.78. The molecule has 0 aliphatic heterocycles. The fourth-order valence-electron chi connectivity index (χ4n) is 1.28. The van der Waals surface area contributed by atoms with E-state index in [2.05, 4.69) is 30.8 Å². The molecule has 0 bridgehead atoms. The van der Waals surface area contributed by atoms with Crippen molar-refractivity contribution in [3.05, 3.63) is 11.9 Å². The third kappa shape index (κ3) is 1.71. The minimum atomic E-state index is 0.235. The molecule has 0 amide bonds. The number of nitrogens with one attached hydrogen (secondary N) is 2. The van der Waals surface area contributed by atoms with Gasteiger partial charge in [-0.2, -0.15) is 9.97 Å². The first-order valence-electron chi connectivity index (χ1n) is 4.75. The zero-order chi connectivity index (χ0) is 11.5. The van der Waals surface area contributed by atoms with Crippen molar-refractivity contribution in [2.75, 3.05) is 10.9 Å². The molecule has 2 aromatic rings. The quantitative estimate of drug-likeness (QED) is 0.404. The van der Waals surface area contributed by atoms with Crippen LogP contribution in [0.5, 0.6) is 0 Å². The first kappa shape index (κ1) is 10.5. The van der Waals surface area contributed by atoms with Crippen molar-refractivity contribution in [1.29, 1.82) is 0 Å². The largest absolute Gasteiger partial charge is 0.306 e.